The monoisotopic (exact) mass is 359 g/mol. The number of halogens is 1. The molecule has 0 unspecified atom stereocenters. The third kappa shape index (κ3) is 2.62. The normalized spacial score (nSPS) is 11.9. The van der Waals surface area contributed by atoms with Crippen LogP contribution in [0.25, 0.3) is 11.3 Å². The van der Waals surface area contributed by atoms with Crippen molar-refractivity contribution in [2.24, 2.45) is 10.9 Å². The number of rotatable bonds is 3. The number of aromatic hydroxyl groups is 1. The highest BCUT2D eigenvalue weighted by atomic mass is 35.5. The van der Waals surface area contributed by atoms with Crippen LogP contribution in [0.3, 0.4) is 0 Å². The van der Waals surface area contributed by atoms with Crippen molar-refractivity contribution in [2.75, 3.05) is 0 Å². The molecule has 2 aromatic heterocycles. The Bertz CT molecular complexity index is 951. The van der Waals surface area contributed by atoms with Gasteiger partial charge in [0.15, 0.2) is 5.84 Å². The topological polar surface area (TPSA) is 102 Å². The van der Waals surface area contributed by atoms with Gasteiger partial charge < -0.3 is 16.0 Å². The predicted octanol–water partition coefficient (Wildman–Crippen LogP) is 3.04. The van der Waals surface area contributed by atoms with Crippen molar-refractivity contribution in [1.82, 2.24) is 14.3 Å². The SMILES string of the molecule is Cc1c(Cl)c(-c2ccc(O)cc2)n(-n2c(C)cnc2C)c1/C(N)=N/O. The number of hydrogen-bond donors (Lipinski definition) is 3. The lowest BCUT2D eigenvalue weighted by molar-refractivity contribution is 0.318. The smallest absolute Gasteiger partial charge is 0.189 e. The van der Waals surface area contributed by atoms with E-state index in [0.29, 0.717) is 22.0 Å². The van der Waals surface area contributed by atoms with Crippen molar-refractivity contribution in [1.29, 1.82) is 0 Å². The average Bonchev–Trinajstić information content (AvgIpc) is 3.05. The highest BCUT2D eigenvalue weighted by Crippen LogP contribution is 2.36. The molecule has 4 N–H and O–H groups in total. The van der Waals surface area contributed by atoms with Crippen molar-refractivity contribution >= 4 is 17.4 Å². The van der Waals surface area contributed by atoms with Gasteiger partial charge in [-0.1, -0.05) is 16.8 Å². The van der Waals surface area contributed by atoms with Crippen LogP contribution in [0.2, 0.25) is 5.02 Å². The van der Waals surface area contributed by atoms with Crippen molar-refractivity contribution in [3.8, 4) is 17.0 Å². The summed E-state index contributed by atoms with van der Waals surface area (Å²) in [6, 6.07) is 6.67. The van der Waals surface area contributed by atoms with Crippen LogP contribution in [0.4, 0.5) is 0 Å². The molecule has 0 fully saturated rings. The zero-order chi connectivity index (χ0) is 18.3. The molecule has 7 nitrogen and oxygen atoms in total. The number of phenolic OH excluding ortho intramolecular Hbond substituents is 1. The van der Waals surface area contributed by atoms with Crippen LogP contribution in [-0.2, 0) is 0 Å². The summed E-state index contributed by atoms with van der Waals surface area (Å²) in [5, 5.41) is 22.4. The fourth-order valence-electron chi connectivity index (χ4n) is 2.92. The van der Waals surface area contributed by atoms with Crippen LogP contribution in [0.5, 0.6) is 5.75 Å². The lowest BCUT2D eigenvalue weighted by Gasteiger charge is -2.17. The molecular weight excluding hydrogens is 342 g/mol. The molecule has 130 valence electrons. The first-order valence-corrected chi connectivity index (χ1v) is 7.94. The van der Waals surface area contributed by atoms with Gasteiger partial charge >= 0.3 is 0 Å². The van der Waals surface area contributed by atoms with E-state index in [2.05, 4.69) is 10.1 Å². The van der Waals surface area contributed by atoms with E-state index in [1.807, 2.05) is 18.5 Å². The van der Waals surface area contributed by atoms with Crippen molar-refractivity contribution < 1.29 is 10.3 Å². The first kappa shape index (κ1) is 16.9. The van der Waals surface area contributed by atoms with E-state index in [9.17, 15) is 10.3 Å². The molecule has 0 aliphatic heterocycles. The number of imidazole rings is 1. The van der Waals surface area contributed by atoms with Crippen LogP contribution in [0, 0.1) is 20.8 Å². The van der Waals surface area contributed by atoms with Crippen molar-refractivity contribution in [3.63, 3.8) is 0 Å². The highest BCUT2D eigenvalue weighted by molar-refractivity contribution is 6.34. The van der Waals surface area contributed by atoms with Crippen LogP contribution in [-0.4, -0.2) is 30.5 Å². The molecule has 3 aromatic rings. The number of aromatic nitrogens is 3. The molecule has 0 bridgehead atoms. The van der Waals surface area contributed by atoms with Gasteiger partial charge in [0.25, 0.3) is 0 Å². The van der Waals surface area contributed by atoms with Crippen molar-refractivity contribution in [2.45, 2.75) is 20.8 Å². The summed E-state index contributed by atoms with van der Waals surface area (Å²) in [7, 11) is 0. The third-order valence-corrected chi connectivity index (χ3v) is 4.55. The largest absolute Gasteiger partial charge is 0.508 e. The fourth-order valence-corrected chi connectivity index (χ4v) is 3.19. The Morgan fingerprint density at radius 1 is 1.16 bits per heavy atom. The molecule has 0 aliphatic rings. The Kier molecular flexibility index (Phi) is 4.18. The van der Waals surface area contributed by atoms with E-state index < -0.39 is 0 Å². The molecular formula is C17H18ClN5O2. The van der Waals surface area contributed by atoms with Gasteiger partial charge in [0.2, 0.25) is 0 Å². The maximum Gasteiger partial charge on any atom is 0.189 e. The van der Waals surface area contributed by atoms with Crippen molar-refractivity contribution in [3.05, 3.63) is 58.3 Å². The second-order valence-electron chi connectivity index (χ2n) is 5.74. The molecule has 3 rings (SSSR count). The van der Waals surface area contributed by atoms with E-state index in [0.717, 1.165) is 17.1 Å². The summed E-state index contributed by atoms with van der Waals surface area (Å²) in [4.78, 5) is 4.32. The minimum atomic E-state index is -0.0584. The third-order valence-electron chi connectivity index (χ3n) is 4.09. The number of aryl methyl sites for hydroxylation is 2. The van der Waals surface area contributed by atoms with E-state index in [1.54, 1.807) is 42.1 Å². The molecule has 8 heteroatoms. The summed E-state index contributed by atoms with van der Waals surface area (Å²) >= 11 is 6.61. The molecule has 0 amide bonds. The maximum absolute atomic E-state index is 9.57. The fraction of sp³-hybridized carbons (Fsp3) is 0.176. The average molecular weight is 360 g/mol. The summed E-state index contributed by atoms with van der Waals surface area (Å²) in [5.41, 5.74) is 9.37. The molecule has 0 radical (unpaired) electrons. The maximum atomic E-state index is 9.57. The summed E-state index contributed by atoms with van der Waals surface area (Å²) in [6.45, 7) is 5.56. The predicted molar refractivity (Wildman–Crippen MR) is 96.3 cm³/mol. The number of hydrogen-bond acceptors (Lipinski definition) is 4. The first-order chi connectivity index (χ1) is 11.9. The number of phenols is 1. The molecule has 0 spiro atoms. The number of nitrogens with two attached hydrogens (primary N) is 1. The lowest BCUT2D eigenvalue weighted by atomic mass is 10.1. The van der Waals surface area contributed by atoms with E-state index in [4.69, 9.17) is 17.3 Å². The van der Waals surface area contributed by atoms with Crippen LogP contribution in [0.1, 0.15) is 22.8 Å². The Morgan fingerprint density at radius 3 is 2.32 bits per heavy atom. The molecule has 0 atom stereocenters. The molecule has 1 aromatic carbocycles. The van der Waals surface area contributed by atoms with Gasteiger partial charge in [-0.3, -0.25) is 0 Å². The zero-order valence-corrected chi connectivity index (χ0v) is 14.8. The van der Waals surface area contributed by atoms with Gasteiger partial charge in [0, 0.05) is 5.56 Å². The van der Waals surface area contributed by atoms with Crippen LogP contribution in [0.15, 0.2) is 35.6 Å². The second-order valence-corrected chi connectivity index (χ2v) is 6.12. The molecule has 2 heterocycles. The van der Waals surface area contributed by atoms with E-state index in [-0.39, 0.29) is 11.6 Å². The Labute approximate surface area is 149 Å². The Morgan fingerprint density at radius 2 is 1.80 bits per heavy atom. The number of oxime groups is 1. The van der Waals surface area contributed by atoms with Gasteiger partial charge in [-0.25, -0.2) is 14.3 Å². The van der Waals surface area contributed by atoms with Gasteiger partial charge in [-0.15, -0.1) is 0 Å². The molecule has 0 saturated carbocycles. The van der Waals surface area contributed by atoms with Crippen LogP contribution < -0.4 is 5.73 Å². The summed E-state index contributed by atoms with van der Waals surface area (Å²) < 4.78 is 3.62. The molecule has 0 saturated heterocycles. The highest BCUT2D eigenvalue weighted by Gasteiger charge is 2.25. The number of amidine groups is 1. The Balaban J connectivity index is 2.45. The first-order valence-electron chi connectivity index (χ1n) is 7.56. The second kappa shape index (κ2) is 6.18. The van der Waals surface area contributed by atoms with Gasteiger partial charge in [-0.05, 0) is 50.6 Å². The minimum absolute atomic E-state index is 0.0584. The quantitative estimate of drug-likeness (QED) is 0.289. The molecule has 0 aliphatic carbocycles. The van der Waals surface area contributed by atoms with Crippen LogP contribution >= 0.6 is 11.6 Å². The lowest BCUT2D eigenvalue weighted by Crippen LogP contribution is -2.25. The number of nitrogens with zero attached hydrogens (tertiary/aromatic N) is 4. The minimum Gasteiger partial charge on any atom is -0.508 e. The standard InChI is InChI=1S/C17H18ClN5O2/c1-9-8-20-11(3)22(9)23-15(17(19)21-25)10(2)14(18)16(23)12-4-6-13(24)7-5-12/h4-8,24-25H,1-3H3,(H2,19,21). The summed E-state index contributed by atoms with van der Waals surface area (Å²) in [5.74, 6) is 0.814. The van der Waals surface area contributed by atoms with E-state index in [1.165, 1.54) is 0 Å². The van der Waals surface area contributed by atoms with E-state index >= 15 is 0 Å². The van der Waals surface area contributed by atoms with Gasteiger partial charge in [0.05, 0.1) is 22.6 Å². The Hall–Kier alpha value is -2.93. The number of benzene rings is 1. The van der Waals surface area contributed by atoms with Gasteiger partial charge in [0.1, 0.15) is 17.3 Å². The zero-order valence-electron chi connectivity index (χ0n) is 14.0. The van der Waals surface area contributed by atoms with Gasteiger partial charge in [-0.2, -0.15) is 0 Å². The molecule has 25 heavy (non-hydrogen) atoms. The summed E-state index contributed by atoms with van der Waals surface area (Å²) in [6.07, 6.45) is 1.73.